The largest absolute Gasteiger partial charge is 0.357 e. The molecule has 0 fully saturated rings. The summed E-state index contributed by atoms with van der Waals surface area (Å²) in [5, 5.41) is 11.6. The van der Waals surface area contributed by atoms with Crippen LogP contribution in [0.15, 0.2) is 54.9 Å². The van der Waals surface area contributed by atoms with Crippen LogP contribution in [0.25, 0.3) is 11.3 Å². The van der Waals surface area contributed by atoms with Gasteiger partial charge in [0, 0.05) is 36.1 Å². The van der Waals surface area contributed by atoms with Gasteiger partial charge in [0.15, 0.2) is 0 Å². The number of pyridine rings is 1. The molecule has 2 aromatic heterocycles. The van der Waals surface area contributed by atoms with Crippen molar-refractivity contribution in [2.45, 2.75) is 0 Å². The Morgan fingerprint density at radius 1 is 1.08 bits per heavy atom. The van der Waals surface area contributed by atoms with Crippen LogP contribution >= 0.6 is 0 Å². The number of carbonyl (C=O) groups is 1. The second-order valence-corrected chi connectivity index (χ2v) is 5.22. The number of benzene rings is 1. The minimum Gasteiger partial charge on any atom is -0.357 e. The standard InChI is InChI=1S/C19H15N5O2/c1-20-19-22-16(11-17(23-19)18(25)24-26)15-8-6-13(7-9-15)4-5-14-3-2-10-21-12-14/h2-3,6-12,26H,1H3,(H,24,25)(H,20,22,23). The van der Waals surface area contributed by atoms with E-state index in [2.05, 4.69) is 32.1 Å². The van der Waals surface area contributed by atoms with E-state index in [1.165, 1.54) is 6.07 Å². The molecule has 0 aliphatic carbocycles. The second kappa shape index (κ2) is 7.88. The smallest absolute Gasteiger partial charge is 0.293 e. The molecule has 3 N–H and O–H groups in total. The highest BCUT2D eigenvalue weighted by Gasteiger charge is 2.11. The van der Waals surface area contributed by atoms with E-state index in [0.29, 0.717) is 5.69 Å². The van der Waals surface area contributed by atoms with Crippen LogP contribution < -0.4 is 10.8 Å². The SMILES string of the molecule is CNc1nc(C(=O)NO)cc(-c2ccc(C#Cc3cccnc3)cc2)n1. The molecule has 3 rings (SSSR count). The summed E-state index contributed by atoms with van der Waals surface area (Å²) >= 11 is 0. The highest BCUT2D eigenvalue weighted by atomic mass is 16.5. The van der Waals surface area contributed by atoms with Crippen LogP contribution in [0.4, 0.5) is 5.95 Å². The van der Waals surface area contributed by atoms with Gasteiger partial charge >= 0.3 is 0 Å². The lowest BCUT2D eigenvalue weighted by molar-refractivity contribution is 0.0701. The minimum atomic E-state index is -0.705. The first-order chi connectivity index (χ1) is 12.7. The van der Waals surface area contributed by atoms with Crippen LogP contribution in [0.1, 0.15) is 21.6 Å². The summed E-state index contributed by atoms with van der Waals surface area (Å²) in [6.07, 6.45) is 3.40. The van der Waals surface area contributed by atoms with Gasteiger partial charge < -0.3 is 5.32 Å². The van der Waals surface area contributed by atoms with Crippen molar-refractivity contribution in [2.24, 2.45) is 0 Å². The average Bonchev–Trinajstić information content (AvgIpc) is 2.72. The van der Waals surface area contributed by atoms with Gasteiger partial charge in [-0.3, -0.25) is 15.0 Å². The molecule has 0 saturated carbocycles. The van der Waals surface area contributed by atoms with Crippen LogP contribution in [0.2, 0.25) is 0 Å². The molecule has 0 atom stereocenters. The first kappa shape index (κ1) is 17.1. The van der Waals surface area contributed by atoms with E-state index in [0.717, 1.165) is 16.7 Å². The topological polar surface area (TPSA) is 100 Å². The van der Waals surface area contributed by atoms with Gasteiger partial charge in [-0.25, -0.2) is 15.4 Å². The quantitative estimate of drug-likeness (QED) is 0.382. The summed E-state index contributed by atoms with van der Waals surface area (Å²) in [7, 11) is 1.65. The van der Waals surface area contributed by atoms with E-state index >= 15 is 0 Å². The van der Waals surface area contributed by atoms with E-state index in [-0.39, 0.29) is 11.6 Å². The fraction of sp³-hybridized carbons (Fsp3) is 0.0526. The fourth-order valence-electron chi connectivity index (χ4n) is 2.19. The summed E-state index contributed by atoms with van der Waals surface area (Å²) in [5.74, 6) is 5.68. The Hall–Kier alpha value is -3.76. The Bertz CT molecular complexity index is 976. The number of amides is 1. The first-order valence-electron chi connectivity index (χ1n) is 7.73. The molecular weight excluding hydrogens is 330 g/mol. The highest BCUT2D eigenvalue weighted by molar-refractivity contribution is 5.92. The van der Waals surface area contributed by atoms with Gasteiger partial charge in [0.1, 0.15) is 5.69 Å². The average molecular weight is 345 g/mol. The van der Waals surface area contributed by atoms with Crippen molar-refractivity contribution in [1.82, 2.24) is 20.4 Å². The predicted octanol–water partition coefficient (Wildman–Crippen LogP) is 2.10. The number of nitrogens with zero attached hydrogens (tertiary/aromatic N) is 3. The molecule has 128 valence electrons. The van der Waals surface area contributed by atoms with Gasteiger partial charge in [-0.15, -0.1) is 0 Å². The van der Waals surface area contributed by atoms with Crippen molar-refractivity contribution in [3.05, 3.63) is 71.7 Å². The number of hydrogen-bond acceptors (Lipinski definition) is 6. The fourth-order valence-corrected chi connectivity index (χ4v) is 2.19. The molecule has 7 heteroatoms. The van der Waals surface area contributed by atoms with Crippen LogP contribution in [0.3, 0.4) is 0 Å². The maximum absolute atomic E-state index is 11.6. The zero-order valence-electron chi connectivity index (χ0n) is 13.9. The normalized spacial score (nSPS) is 9.77. The third-order valence-electron chi connectivity index (χ3n) is 3.48. The number of anilines is 1. The van der Waals surface area contributed by atoms with Gasteiger partial charge in [0.25, 0.3) is 5.91 Å². The molecule has 3 aromatic rings. The van der Waals surface area contributed by atoms with Crippen molar-refractivity contribution in [3.63, 3.8) is 0 Å². The zero-order valence-corrected chi connectivity index (χ0v) is 13.9. The van der Waals surface area contributed by atoms with Crippen LogP contribution in [-0.2, 0) is 0 Å². The molecule has 0 spiro atoms. The number of nitrogens with one attached hydrogen (secondary N) is 2. The Balaban J connectivity index is 1.89. The summed E-state index contributed by atoms with van der Waals surface area (Å²) in [5.41, 5.74) is 4.66. The molecule has 0 unspecified atom stereocenters. The molecule has 0 radical (unpaired) electrons. The van der Waals surface area contributed by atoms with E-state index in [1.807, 2.05) is 36.4 Å². The van der Waals surface area contributed by atoms with Gasteiger partial charge in [-0.2, -0.15) is 0 Å². The third kappa shape index (κ3) is 4.01. The van der Waals surface area contributed by atoms with Crippen molar-refractivity contribution >= 4 is 11.9 Å². The summed E-state index contributed by atoms with van der Waals surface area (Å²) in [6, 6.07) is 12.7. The molecule has 1 aromatic carbocycles. The first-order valence-corrected chi connectivity index (χ1v) is 7.73. The van der Waals surface area contributed by atoms with E-state index in [4.69, 9.17) is 5.21 Å². The molecule has 1 amide bonds. The van der Waals surface area contributed by atoms with Crippen molar-refractivity contribution < 1.29 is 10.0 Å². The van der Waals surface area contributed by atoms with Gasteiger partial charge in [-0.05, 0) is 30.3 Å². The van der Waals surface area contributed by atoms with Crippen molar-refractivity contribution in [1.29, 1.82) is 0 Å². The van der Waals surface area contributed by atoms with Crippen LogP contribution in [0, 0.1) is 11.8 Å². The molecule has 0 bridgehead atoms. The van der Waals surface area contributed by atoms with Crippen molar-refractivity contribution in [3.8, 4) is 23.1 Å². The van der Waals surface area contributed by atoms with Crippen LogP contribution in [-0.4, -0.2) is 33.1 Å². The number of carbonyl (C=O) groups excluding carboxylic acids is 1. The lowest BCUT2D eigenvalue weighted by atomic mass is 10.1. The van der Waals surface area contributed by atoms with Crippen molar-refractivity contribution in [2.75, 3.05) is 12.4 Å². The summed E-state index contributed by atoms with van der Waals surface area (Å²) < 4.78 is 0. The van der Waals surface area contributed by atoms with Gasteiger partial charge in [0.05, 0.1) is 5.69 Å². The van der Waals surface area contributed by atoms with Gasteiger partial charge in [-0.1, -0.05) is 24.0 Å². The zero-order chi connectivity index (χ0) is 18.4. The van der Waals surface area contributed by atoms with E-state index in [9.17, 15) is 4.79 Å². The lowest BCUT2D eigenvalue weighted by Gasteiger charge is -2.07. The maximum atomic E-state index is 11.6. The summed E-state index contributed by atoms with van der Waals surface area (Å²) in [4.78, 5) is 24.0. The highest BCUT2D eigenvalue weighted by Crippen LogP contribution is 2.20. The second-order valence-electron chi connectivity index (χ2n) is 5.22. The monoisotopic (exact) mass is 345 g/mol. The van der Waals surface area contributed by atoms with E-state index in [1.54, 1.807) is 24.9 Å². The molecular formula is C19H15N5O2. The number of rotatable bonds is 3. The maximum Gasteiger partial charge on any atom is 0.293 e. The molecule has 26 heavy (non-hydrogen) atoms. The lowest BCUT2D eigenvalue weighted by Crippen LogP contribution is -2.20. The summed E-state index contributed by atoms with van der Waals surface area (Å²) in [6.45, 7) is 0. The Morgan fingerprint density at radius 3 is 2.50 bits per heavy atom. The molecule has 0 aliphatic rings. The molecule has 0 aliphatic heterocycles. The molecule has 2 heterocycles. The minimum absolute atomic E-state index is 0.0577. The predicted molar refractivity (Wildman–Crippen MR) is 96.5 cm³/mol. The number of aromatic nitrogens is 3. The van der Waals surface area contributed by atoms with Gasteiger partial charge in [0.2, 0.25) is 5.95 Å². The molecule has 0 saturated heterocycles. The van der Waals surface area contributed by atoms with E-state index < -0.39 is 5.91 Å². The third-order valence-corrected chi connectivity index (χ3v) is 3.48. The Labute approximate surface area is 150 Å². The number of hydroxylamine groups is 1. The molecule has 7 nitrogen and oxygen atoms in total. The number of hydrogen-bond donors (Lipinski definition) is 3. The van der Waals surface area contributed by atoms with Crippen LogP contribution in [0.5, 0.6) is 0 Å². The Morgan fingerprint density at radius 2 is 1.85 bits per heavy atom. The Kier molecular flexibility index (Phi) is 5.17.